The Morgan fingerprint density at radius 3 is 2.68 bits per heavy atom. The minimum atomic E-state index is -0.725. The topological polar surface area (TPSA) is 44.8 Å². The van der Waals surface area contributed by atoms with Crippen LogP contribution in [0, 0.1) is 5.92 Å². The molecular formula is C18H22O4. The van der Waals surface area contributed by atoms with Crippen LogP contribution in [0.2, 0.25) is 0 Å². The Morgan fingerprint density at radius 2 is 2.00 bits per heavy atom. The highest BCUT2D eigenvalue weighted by molar-refractivity contribution is 5.86. The second kappa shape index (κ2) is 6.13. The number of esters is 1. The van der Waals surface area contributed by atoms with E-state index in [1.54, 1.807) is 7.11 Å². The lowest BCUT2D eigenvalue weighted by Crippen LogP contribution is -2.50. The molecule has 0 radical (unpaired) electrons. The first kappa shape index (κ1) is 15.1. The minimum Gasteiger partial charge on any atom is -0.463 e. The van der Waals surface area contributed by atoms with Gasteiger partial charge in [-0.25, -0.2) is 4.79 Å². The Bertz CT molecular complexity index is 566. The molecule has 0 aromatic heterocycles. The summed E-state index contributed by atoms with van der Waals surface area (Å²) >= 11 is 0. The number of benzene rings is 1. The number of methoxy groups -OCH3 is 2. The molecule has 0 spiro atoms. The number of allylic oxidation sites excluding steroid dienone is 1. The zero-order valence-corrected chi connectivity index (χ0v) is 13.1. The van der Waals surface area contributed by atoms with Gasteiger partial charge in [0.25, 0.3) is 0 Å². The Labute approximate surface area is 131 Å². The number of fused-ring (bicyclic) bond motifs is 1. The summed E-state index contributed by atoms with van der Waals surface area (Å²) in [5.74, 6) is -0.596. The molecule has 118 valence electrons. The van der Waals surface area contributed by atoms with Gasteiger partial charge < -0.3 is 14.2 Å². The van der Waals surface area contributed by atoms with E-state index in [4.69, 9.17) is 14.2 Å². The molecular weight excluding hydrogens is 280 g/mol. The lowest BCUT2D eigenvalue weighted by molar-refractivity contribution is -0.259. The standard InChI is InChI=1S/C18H22O4/c1-20-17(19)16-12-14(13-8-4-3-5-9-13)15-10-6-7-11-18(15,21-2)22-16/h3-5,8-9,12,14-15H,6-7,10-11H2,1-2H3/t14-,15-,18-/m1/s1. The molecule has 1 aliphatic heterocycles. The van der Waals surface area contributed by atoms with Crippen LogP contribution in [0.4, 0.5) is 0 Å². The quantitative estimate of drug-likeness (QED) is 0.803. The van der Waals surface area contributed by atoms with Gasteiger partial charge in [-0.15, -0.1) is 0 Å². The van der Waals surface area contributed by atoms with Crippen LogP contribution < -0.4 is 0 Å². The first-order chi connectivity index (χ1) is 10.7. The summed E-state index contributed by atoms with van der Waals surface area (Å²) in [6.07, 6.45) is 5.92. The van der Waals surface area contributed by atoms with Crippen molar-refractivity contribution in [1.82, 2.24) is 0 Å². The lowest BCUT2D eigenvalue weighted by atomic mass is 9.71. The van der Waals surface area contributed by atoms with Crippen molar-refractivity contribution >= 4 is 5.97 Å². The van der Waals surface area contributed by atoms with Crippen molar-refractivity contribution < 1.29 is 19.0 Å². The molecule has 1 aromatic carbocycles. The molecule has 1 fully saturated rings. The average Bonchev–Trinajstić information content (AvgIpc) is 2.60. The van der Waals surface area contributed by atoms with Crippen molar-refractivity contribution in [3.63, 3.8) is 0 Å². The molecule has 0 amide bonds. The summed E-state index contributed by atoms with van der Waals surface area (Å²) in [5, 5.41) is 0. The number of carbonyl (C=O) groups excluding carboxylic acids is 1. The predicted octanol–water partition coefficient (Wildman–Crippen LogP) is 3.39. The van der Waals surface area contributed by atoms with Crippen molar-refractivity contribution in [3.05, 3.63) is 47.7 Å². The van der Waals surface area contributed by atoms with E-state index in [-0.39, 0.29) is 17.6 Å². The van der Waals surface area contributed by atoms with Crippen LogP contribution in [-0.4, -0.2) is 26.0 Å². The van der Waals surface area contributed by atoms with Crippen LogP contribution in [0.5, 0.6) is 0 Å². The molecule has 1 aliphatic carbocycles. The van der Waals surface area contributed by atoms with Crippen LogP contribution in [0.1, 0.15) is 37.2 Å². The molecule has 4 nitrogen and oxygen atoms in total. The molecule has 3 atom stereocenters. The molecule has 3 rings (SSSR count). The second-order valence-electron chi connectivity index (χ2n) is 5.93. The number of ether oxygens (including phenoxy) is 3. The van der Waals surface area contributed by atoms with Crippen molar-refractivity contribution in [1.29, 1.82) is 0 Å². The molecule has 1 saturated carbocycles. The summed E-state index contributed by atoms with van der Waals surface area (Å²) < 4.78 is 16.6. The lowest BCUT2D eigenvalue weighted by Gasteiger charge is -2.48. The van der Waals surface area contributed by atoms with Crippen molar-refractivity contribution in [2.75, 3.05) is 14.2 Å². The molecule has 2 aliphatic rings. The molecule has 1 aromatic rings. The van der Waals surface area contributed by atoms with Gasteiger partial charge in [0.2, 0.25) is 11.5 Å². The summed E-state index contributed by atoms with van der Waals surface area (Å²) in [5.41, 5.74) is 1.18. The van der Waals surface area contributed by atoms with Crippen molar-refractivity contribution in [2.24, 2.45) is 5.92 Å². The first-order valence-corrected chi connectivity index (χ1v) is 7.79. The van der Waals surface area contributed by atoms with Crippen molar-refractivity contribution in [3.8, 4) is 0 Å². The molecule has 0 bridgehead atoms. The highest BCUT2D eigenvalue weighted by Gasteiger charge is 2.51. The van der Waals surface area contributed by atoms with E-state index in [2.05, 4.69) is 12.1 Å². The summed E-state index contributed by atoms with van der Waals surface area (Å²) in [4.78, 5) is 12.0. The van der Waals surface area contributed by atoms with E-state index >= 15 is 0 Å². The van der Waals surface area contributed by atoms with Gasteiger partial charge in [0.15, 0.2) is 0 Å². The number of hydrogen-bond donors (Lipinski definition) is 0. The van der Waals surface area contributed by atoms with Crippen LogP contribution in [-0.2, 0) is 19.0 Å². The van der Waals surface area contributed by atoms with Gasteiger partial charge in [0.05, 0.1) is 7.11 Å². The van der Waals surface area contributed by atoms with Crippen LogP contribution in [0.3, 0.4) is 0 Å². The molecule has 0 N–H and O–H groups in total. The van der Waals surface area contributed by atoms with Crippen molar-refractivity contribution in [2.45, 2.75) is 37.4 Å². The van der Waals surface area contributed by atoms with Gasteiger partial charge in [-0.1, -0.05) is 36.8 Å². The third kappa shape index (κ3) is 2.52. The van der Waals surface area contributed by atoms with Crippen LogP contribution in [0.15, 0.2) is 42.2 Å². The Kier molecular flexibility index (Phi) is 4.21. The SMILES string of the molecule is COC(=O)C1=C[C@H](c2ccccc2)[C@H]2CCCC[C@@]2(OC)O1. The fraction of sp³-hybridized carbons (Fsp3) is 0.500. The molecule has 0 saturated heterocycles. The fourth-order valence-electron chi connectivity index (χ4n) is 3.73. The first-order valence-electron chi connectivity index (χ1n) is 7.79. The van der Waals surface area contributed by atoms with Gasteiger partial charge in [-0.05, 0) is 24.5 Å². The van der Waals surface area contributed by atoms with Gasteiger partial charge >= 0.3 is 5.97 Å². The van der Waals surface area contributed by atoms with E-state index in [0.717, 1.165) is 25.7 Å². The van der Waals surface area contributed by atoms with E-state index in [0.29, 0.717) is 0 Å². The molecule has 22 heavy (non-hydrogen) atoms. The maximum atomic E-state index is 12.0. The van der Waals surface area contributed by atoms with E-state index in [1.807, 2.05) is 24.3 Å². The van der Waals surface area contributed by atoms with Crippen LogP contribution >= 0.6 is 0 Å². The molecule has 0 unspecified atom stereocenters. The van der Waals surface area contributed by atoms with Gasteiger partial charge in [0, 0.05) is 25.4 Å². The highest BCUT2D eigenvalue weighted by atomic mass is 16.7. The summed E-state index contributed by atoms with van der Waals surface area (Å²) in [7, 11) is 3.04. The molecule has 4 heteroatoms. The zero-order valence-electron chi connectivity index (χ0n) is 13.1. The Morgan fingerprint density at radius 1 is 1.23 bits per heavy atom. The number of carbonyl (C=O) groups is 1. The second-order valence-corrected chi connectivity index (χ2v) is 5.93. The minimum absolute atomic E-state index is 0.101. The van der Waals surface area contributed by atoms with Gasteiger partial charge in [-0.2, -0.15) is 0 Å². The summed E-state index contributed by atoms with van der Waals surface area (Å²) in [6, 6.07) is 10.2. The largest absolute Gasteiger partial charge is 0.463 e. The summed E-state index contributed by atoms with van der Waals surface area (Å²) in [6.45, 7) is 0. The van der Waals surface area contributed by atoms with E-state index in [9.17, 15) is 4.79 Å². The third-order valence-electron chi connectivity index (χ3n) is 4.82. The van der Waals surface area contributed by atoms with E-state index < -0.39 is 11.8 Å². The van der Waals surface area contributed by atoms with Crippen LogP contribution in [0.25, 0.3) is 0 Å². The maximum absolute atomic E-state index is 12.0. The van der Waals surface area contributed by atoms with Gasteiger partial charge in [0.1, 0.15) is 0 Å². The van der Waals surface area contributed by atoms with E-state index in [1.165, 1.54) is 12.7 Å². The predicted molar refractivity (Wildman–Crippen MR) is 82.1 cm³/mol. The normalized spacial score (nSPS) is 30.7. The highest BCUT2D eigenvalue weighted by Crippen LogP contribution is 2.50. The fourth-order valence-corrected chi connectivity index (χ4v) is 3.73. The third-order valence-corrected chi connectivity index (χ3v) is 4.82. The zero-order chi connectivity index (χ0) is 15.6. The number of rotatable bonds is 3. The average molecular weight is 302 g/mol. The Balaban J connectivity index is 2.05. The van der Waals surface area contributed by atoms with Gasteiger partial charge in [-0.3, -0.25) is 0 Å². The number of hydrogen-bond acceptors (Lipinski definition) is 4. The molecule has 1 heterocycles. The smallest absolute Gasteiger partial charge is 0.373 e. The monoisotopic (exact) mass is 302 g/mol. The maximum Gasteiger partial charge on any atom is 0.373 e. The Hall–Kier alpha value is -1.81.